The molecule has 1 aromatic rings. The highest BCUT2D eigenvalue weighted by atomic mass is 16.2. The molecule has 1 heterocycles. The van der Waals surface area contributed by atoms with Gasteiger partial charge in [0.1, 0.15) is 6.04 Å². The van der Waals surface area contributed by atoms with E-state index in [4.69, 9.17) is 5.73 Å². The fourth-order valence-electron chi connectivity index (χ4n) is 1.83. The van der Waals surface area contributed by atoms with Crippen molar-refractivity contribution in [3.05, 3.63) is 29.8 Å². The van der Waals surface area contributed by atoms with Gasteiger partial charge in [0, 0.05) is 24.8 Å². The number of nitrogens with zero attached hydrogens (tertiary/aromatic N) is 1. The summed E-state index contributed by atoms with van der Waals surface area (Å²) in [4.78, 5) is 25.1. The van der Waals surface area contributed by atoms with Gasteiger partial charge in [-0.25, -0.2) is 0 Å². The van der Waals surface area contributed by atoms with Gasteiger partial charge in [-0.15, -0.1) is 0 Å². The van der Waals surface area contributed by atoms with Crippen molar-refractivity contribution in [2.24, 2.45) is 0 Å². The zero-order valence-corrected chi connectivity index (χ0v) is 9.64. The normalized spacial score (nSPS) is 19.5. The zero-order chi connectivity index (χ0) is 12.4. The molecule has 0 saturated carbocycles. The lowest BCUT2D eigenvalue weighted by Gasteiger charge is -2.12. The molecule has 2 rings (SSSR count). The summed E-state index contributed by atoms with van der Waals surface area (Å²) < 4.78 is 0. The minimum atomic E-state index is -0.398. The van der Waals surface area contributed by atoms with Gasteiger partial charge in [0.15, 0.2) is 0 Å². The Bertz CT molecular complexity index is 442. The molecule has 2 amide bonds. The first kappa shape index (κ1) is 11.4. The fourth-order valence-corrected chi connectivity index (χ4v) is 1.83. The van der Waals surface area contributed by atoms with Crippen molar-refractivity contribution < 1.29 is 9.59 Å². The van der Waals surface area contributed by atoms with Crippen molar-refractivity contribution in [3.63, 3.8) is 0 Å². The molecule has 3 N–H and O–H groups in total. The maximum absolute atomic E-state index is 11.8. The van der Waals surface area contributed by atoms with Crippen molar-refractivity contribution in [2.75, 3.05) is 19.3 Å². The van der Waals surface area contributed by atoms with Crippen LogP contribution in [-0.4, -0.2) is 36.3 Å². The molecule has 0 aliphatic carbocycles. The average molecular weight is 233 g/mol. The van der Waals surface area contributed by atoms with E-state index in [1.165, 1.54) is 0 Å². The lowest BCUT2D eigenvalue weighted by Crippen LogP contribution is -2.40. The summed E-state index contributed by atoms with van der Waals surface area (Å²) in [5.74, 6) is -0.271. The molecule has 1 aromatic carbocycles. The predicted molar refractivity (Wildman–Crippen MR) is 64.4 cm³/mol. The number of carbonyl (C=O) groups is 2. The first-order valence-corrected chi connectivity index (χ1v) is 5.49. The van der Waals surface area contributed by atoms with Crippen LogP contribution in [0.1, 0.15) is 16.8 Å². The highest BCUT2D eigenvalue weighted by Crippen LogP contribution is 2.10. The Morgan fingerprint density at radius 3 is 2.59 bits per heavy atom. The Labute approximate surface area is 99.6 Å². The summed E-state index contributed by atoms with van der Waals surface area (Å²) in [5.41, 5.74) is 6.66. The SMILES string of the molecule is CN1CCC(NC(=O)c2ccc(N)cc2)C1=O. The summed E-state index contributed by atoms with van der Waals surface area (Å²) in [6, 6.07) is 6.22. The van der Waals surface area contributed by atoms with Crippen LogP contribution in [0.3, 0.4) is 0 Å². The lowest BCUT2D eigenvalue weighted by molar-refractivity contribution is -0.128. The largest absolute Gasteiger partial charge is 0.399 e. The number of amides is 2. The molecule has 0 spiro atoms. The van der Waals surface area contributed by atoms with Crippen molar-refractivity contribution in [2.45, 2.75) is 12.5 Å². The minimum Gasteiger partial charge on any atom is -0.399 e. The number of benzene rings is 1. The highest BCUT2D eigenvalue weighted by molar-refractivity contribution is 5.98. The molecule has 1 fully saturated rings. The number of anilines is 1. The zero-order valence-electron chi connectivity index (χ0n) is 9.64. The van der Waals surface area contributed by atoms with E-state index >= 15 is 0 Å². The number of carbonyl (C=O) groups excluding carboxylic acids is 2. The molecule has 1 aliphatic heterocycles. The van der Waals surface area contributed by atoms with Gasteiger partial charge in [-0.1, -0.05) is 0 Å². The molecule has 5 heteroatoms. The van der Waals surface area contributed by atoms with Crippen LogP contribution < -0.4 is 11.1 Å². The van der Waals surface area contributed by atoms with Gasteiger partial charge >= 0.3 is 0 Å². The summed E-state index contributed by atoms with van der Waals surface area (Å²) in [6.07, 6.45) is 0.663. The Kier molecular flexibility index (Phi) is 2.99. The molecule has 0 bridgehead atoms. The number of nitrogens with one attached hydrogen (secondary N) is 1. The second kappa shape index (κ2) is 4.45. The van der Waals surface area contributed by atoms with Crippen LogP contribution in [0.2, 0.25) is 0 Å². The number of hydrogen-bond donors (Lipinski definition) is 2. The topological polar surface area (TPSA) is 75.4 Å². The molecule has 1 aliphatic rings. The van der Waals surface area contributed by atoms with Crippen molar-refractivity contribution in [3.8, 4) is 0 Å². The Morgan fingerprint density at radius 1 is 1.41 bits per heavy atom. The van der Waals surface area contributed by atoms with Crippen LogP contribution in [0.5, 0.6) is 0 Å². The molecule has 1 unspecified atom stereocenters. The van der Waals surface area contributed by atoms with Crippen LogP contribution in [0, 0.1) is 0 Å². The van der Waals surface area contributed by atoms with E-state index < -0.39 is 6.04 Å². The molecule has 0 radical (unpaired) electrons. The number of rotatable bonds is 2. The number of nitrogen functional groups attached to an aromatic ring is 1. The van der Waals surface area contributed by atoms with Gasteiger partial charge in [0.25, 0.3) is 5.91 Å². The second-order valence-electron chi connectivity index (χ2n) is 4.20. The summed E-state index contributed by atoms with van der Waals surface area (Å²) in [5, 5.41) is 2.72. The second-order valence-corrected chi connectivity index (χ2v) is 4.20. The third kappa shape index (κ3) is 2.38. The molecular formula is C12H15N3O2. The van der Waals surface area contributed by atoms with Gasteiger partial charge in [-0.2, -0.15) is 0 Å². The Morgan fingerprint density at radius 2 is 2.06 bits per heavy atom. The van der Waals surface area contributed by atoms with Gasteiger partial charge in [-0.05, 0) is 30.7 Å². The third-order valence-electron chi connectivity index (χ3n) is 2.91. The van der Waals surface area contributed by atoms with Crippen LogP contribution in [-0.2, 0) is 4.79 Å². The van der Waals surface area contributed by atoms with Crippen LogP contribution in [0.4, 0.5) is 5.69 Å². The first-order valence-electron chi connectivity index (χ1n) is 5.49. The summed E-state index contributed by atoms with van der Waals surface area (Å²) >= 11 is 0. The lowest BCUT2D eigenvalue weighted by atomic mass is 10.1. The predicted octanol–water partition coefficient (Wildman–Crippen LogP) is 0.229. The minimum absolute atomic E-state index is 0.0335. The average Bonchev–Trinajstić information content (AvgIpc) is 2.62. The first-order chi connectivity index (χ1) is 8.08. The third-order valence-corrected chi connectivity index (χ3v) is 2.91. The van der Waals surface area contributed by atoms with Crippen LogP contribution in [0.25, 0.3) is 0 Å². The maximum Gasteiger partial charge on any atom is 0.251 e. The summed E-state index contributed by atoms with van der Waals surface area (Å²) in [7, 11) is 1.73. The van der Waals surface area contributed by atoms with E-state index in [-0.39, 0.29) is 11.8 Å². The number of hydrogen-bond acceptors (Lipinski definition) is 3. The molecule has 5 nitrogen and oxygen atoms in total. The van der Waals surface area contributed by atoms with E-state index in [1.807, 2.05) is 0 Å². The monoisotopic (exact) mass is 233 g/mol. The number of likely N-dealkylation sites (N-methyl/N-ethyl adjacent to an activating group) is 1. The molecule has 90 valence electrons. The highest BCUT2D eigenvalue weighted by Gasteiger charge is 2.30. The standard InChI is InChI=1S/C12H15N3O2/c1-15-7-6-10(12(15)17)14-11(16)8-2-4-9(13)5-3-8/h2-5,10H,6-7,13H2,1H3,(H,14,16). The van der Waals surface area contributed by atoms with Crippen LogP contribution >= 0.6 is 0 Å². The molecule has 17 heavy (non-hydrogen) atoms. The molecular weight excluding hydrogens is 218 g/mol. The van der Waals surface area contributed by atoms with Crippen molar-refractivity contribution >= 4 is 17.5 Å². The van der Waals surface area contributed by atoms with E-state index in [2.05, 4.69) is 5.32 Å². The van der Waals surface area contributed by atoms with Crippen LogP contribution in [0.15, 0.2) is 24.3 Å². The van der Waals surface area contributed by atoms with Crippen molar-refractivity contribution in [1.82, 2.24) is 10.2 Å². The maximum atomic E-state index is 11.8. The van der Waals surface area contributed by atoms with E-state index in [9.17, 15) is 9.59 Å². The molecule has 1 atom stereocenters. The van der Waals surface area contributed by atoms with E-state index in [0.717, 1.165) is 0 Å². The molecule has 0 aromatic heterocycles. The fraction of sp³-hybridized carbons (Fsp3) is 0.333. The molecule has 1 saturated heterocycles. The van der Waals surface area contributed by atoms with E-state index in [1.54, 1.807) is 36.2 Å². The Balaban J connectivity index is 2.02. The quantitative estimate of drug-likeness (QED) is 0.718. The Hall–Kier alpha value is -2.04. The van der Waals surface area contributed by atoms with Gasteiger partial charge in [-0.3, -0.25) is 9.59 Å². The number of nitrogens with two attached hydrogens (primary N) is 1. The smallest absolute Gasteiger partial charge is 0.251 e. The van der Waals surface area contributed by atoms with Crippen molar-refractivity contribution in [1.29, 1.82) is 0 Å². The van der Waals surface area contributed by atoms with E-state index in [0.29, 0.717) is 24.2 Å². The van der Waals surface area contributed by atoms with Gasteiger partial charge in [0.2, 0.25) is 5.91 Å². The summed E-state index contributed by atoms with van der Waals surface area (Å²) in [6.45, 7) is 0.686. The number of likely N-dealkylation sites (tertiary alicyclic amines) is 1. The van der Waals surface area contributed by atoms with Gasteiger partial charge < -0.3 is 16.0 Å². The van der Waals surface area contributed by atoms with Gasteiger partial charge in [0.05, 0.1) is 0 Å².